The van der Waals surface area contributed by atoms with E-state index in [0.717, 1.165) is 5.92 Å². The van der Waals surface area contributed by atoms with Crippen molar-refractivity contribution in [1.29, 1.82) is 0 Å². The lowest BCUT2D eigenvalue weighted by molar-refractivity contribution is 0.114. The van der Waals surface area contributed by atoms with E-state index in [-0.39, 0.29) is 0 Å². The van der Waals surface area contributed by atoms with Crippen molar-refractivity contribution in [2.24, 2.45) is 17.2 Å². The van der Waals surface area contributed by atoms with Crippen LogP contribution < -0.4 is 11.3 Å². The SMILES string of the molecule is CCC(C)(C)C(NN)C1CCC1. The molecule has 1 aliphatic rings. The van der Waals surface area contributed by atoms with Crippen molar-refractivity contribution in [2.75, 3.05) is 0 Å². The summed E-state index contributed by atoms with van der Waals surface area (Å²) in [6.45, 7) is 6.84. The molecule has 12 heavy (non-hydrogen) atoms. The number of nitrogens with one attached hydrogen (secondary N) is 1. The van der Waals surface area contributed by atoms with E-state index in [1.54, 1.807) is 0 Å². The van der Waals surface area contributed by atoms with Crippen molar-refractivity contribution in [1.82, 2.24) is 5.43 Å². The van der Waals surface area contributed by atoms with Crippen molar-refractivity contribution in [3.63, 3.8) is 0 Å². The van der Waals surface area contributed by atoms with Gasteiger partial charge in [-0.3, -0.25) is 11.3 Å². The van der Waals surface area contributed by atoms with Gasteiger partial charge in [-0.2, -0.15) is 0 Å². The van der Waals surface area contributed by atoms with Gasteiger partial charge >= 0.3 is 0 Å². The molecule has 0 saturated heterocycles. The molecule has 1 saturated carbocycles. The predicted molar refractivity (Wildman–Crippen MR) is 52.5 cm³/mol. The summed E-state index contributed by atoms with van der Waals surface area (Å²) in [5, 5.41) is 0. The Bertz CT molecular complexity index is 139. The van der Waals surface area contributed by atoms with Crippen molar-refractivity contribution < 1.29 is 0 Å². The minimum absolute atomic E-state index is 0.347. The summed E-state index contributed by atoms with van der Waals surface area (Å²) >= 11 is 0. The first kappa shape index (κ1) is 10.0. The van der Waals surface area contributed by atoms with E-state index >= 15 is 0 Å². The largest absolute Gasteiger partial charge is 0.271 e. The molecule has 0 radical (unpaired) electrons. The molecular weight excluding hydrogens is 148 g/mol. The van der Waals surface area contributed by atoms with Crippen LogP contribution in [0.25, 0.3) is 0 Å². The molecule has 0 aromatic carbocycles. The molecule has 3 N–H and O–H groups in total. The minimum Gasteiger partial charge on any atom is -0.271 e. The number of hydrogen-bond donors (Lipinski definition) is 2. The second kappa shape index (κ2) is 3.75. The number of hydrazine groups is 1. The van der Waals surface area contributed by atoms with Gasteiger partial charge in [0.25, 0.3) is 0 Å². The zero-order valence-corrected chi connectivity index (χ0v) is 8.56. The lowest BCUT2D eigenvalue weighted by atomic mass is 9.68. The maximum atomic E-state index is 5.59. The topological polar surface area (TPSA) is 38.0 Å². The van der Waals surface area contributed by atoms with Crippen LogP contribution in [0.3, 0.4) is 0 Å². The molecule has 1 unspecified atom stereocenters. The Kier molecular flexibility index (Phi) is 3.13. The molecule has 0 aromatic rings. The summed E-state index contributed by atoms with van der Waals surface area (Å²) in [5.74, 6) is 6.42. The summed E-state index contributed by atoms with van der Waals surface area (Å²) < 4.78 is 0. The first-order valence-electron chi connectivity index (χ1n) is 5.08. The van der Waals surface area contributed by atoms with Crippen LogP contribution in [0.5, 0.6) is 0 Å². The minimum atomic E-state index is 0.347. The highest BCUT2D eigenvalue weighted by Gasteiger charge is 2.36. The zero-order chi connectivity index (χ0) is 9.19. The van der Waals surface area contributed by atoms with E-state index in [1.165, 1.54) is 25.7 Å². The molecule has 1 aliphatic carbocycles. The van der Waals surface area contributed by atoms with Crippen molar-refractivity contribution in [3.05, 3.63) is 0 Å². The van der Waals surface area contributed by atoms with Crippen LogP contribution in [-0.2, 0) is 0 Å². The molecule has 1 atom stereocenters. The van der Waals surface area contributed by atoms with Gasteiger partial charge in [-0.05, 0) is 30.6 Å². The van der Waals surface area contributed by atoms with Crippen LogP contribution in [-0.4, -0.2) is 6.04 Å². The molecule has 1 fully saturated rings. The standard InChI is InChI=1S/C10H22N2/c1-4-10(2,3)9(12-11)8-6-5-7-8/h8-9,12H,4-7,11H2,1-3H3. The van der Waals surface area contributed by atoms with Gasteiger partial charge in [-0.15, -0.1) is 0 Å². The van der Waals surface area contributed by atoms with Gasteiger partial charge in [-0.1, -0.05) is 27.2 Å². The summed E-state index contributed by atoms with van der Waals surface area (Å²) in [6.07, 6.45) is 5.30. The Labute approximate surface area is 75.9 Å². The Morgan fingerprint density at radius 1 is 1.50 bits per heavy atom. The summed E-state index contributed by atoms with van der Waals surface area (Å²) in [4.78, 5) is 0. The van der Waals surface area contributed by atoms with Crippen LogP contribution in [0.15, 0.2) is 0 Å². The van der Waals surface area contributed by atoms with Crippen LogP contribution in [0.4, 0.5) is 0 Å². The van der Waals surface area contributed by atoms with Gasteiger partial charge in [0.05, 0.1) is 0 Å². The number of nitrogens with two attached hydrogens (primary N) is 1. The first-order valence-corrected chi connectivity index (χ1v) is 5.08. The Morgan fingerprint density at radius 2 is 2.08 bits per heavy atom. The quantitative estimate of drug-likeness (QED) is 0.500. The lowest BCUT2D eigenvalue weighted by Gasteiger charge is -2.42. The third kappa shape index (κ3) is 1.80. The molecule has 0 bridgehead atoms. The van der Waals surface area contributed by atoms with Gasteiger partial charge in [-0.25, -0.2) is 0 Å². The Hall–Kier alpha value is -0.0800. The van der Waals surface area contributed by atoms with Crippen molar-refractivity contribution in [2.45, 2.75) is 52.5 Å². The highest BCUT2D eigenvalue weighted by atomic mass is 15.2. The van der Waals surface area contributed by atoms with E-state index in [0.29, 0.717) is 11.5 Å². The molecule has 2 heteroatoms. The second-order valence-electron chi connectivity index (χ2n) is 4.68. The molecule has 0 heterocycles. The maximum absolute atomic E-state index is 5.59. The van der Waals surface area contributed by atoms with Gasteiger partial charge < -0.3 is 0 Å². The lowest BCUT2D eigenvalue weighted by Crippen LogP contribution is -2.52. The first-order chi connectivity index (χ1) is 5.61. The molecule has 0 aromatic heterocycles. The smallest absolute Gasteiger partial charge is 0.0289 e. The highest BCUT2D eigenvalue weighted by Crippen LogP contribution is 2.38. The fourth-order valence-corrected chi connectivity index (χ4v) is 1.99. The fraction of sp³-hybridized carbons (Fsp3) is 1.00. The van der Waals surface area contributed by atoms with Gasteiger partial charge in [0.1, 0.15) is 0 Å². The summed E-state index contributed by atoms with van der Waals surface area (Å²) in [6, 6.07) is 0.510. The molecular formula is C10H22N2. The monoisotopic (exact) mass is 170 g/mol. The van der Waals surface area contributed by atoms with E-state index in [4.69, 9.17) is 5.84 Å². The van der Waals surface area contributed by atoms with Crippen LogP contribution in [0, 0.1) is 11.3 Å². The normalized spacial score (nSPS) is 22.0. The predicted octanol–water partition coefficient (Wildman–Crippen LogP) is 2.05. The average Bonchev–Trinajstić information content (AvgIpc) is 1.96. The van der Waals surface area contributed by atoms with Crippen molar-refractivity contribution >= 4 is 0 Å². The average molecular weight is 170 g/mol. The Balaban J connectivity index is 2.53. The van der Waals surface area contributed by atoms with E-state index in [9.17, 15) is 0 Å². The molecule has 0 amide bonds. The Morgan fingerprint density at radius 3 is 2.33 bits per heavy atom. The highest BCUT2D eigenvalue weighted by molar-refractivity contribution is 4.90. The maximum Gasteiger partial charge on any atom is 0.0289 e. The summed E-state index contributed by atoms with van der Waals surface area (Å²) in [7, 11) is 0. The van der Waals surface area contributed by atoms with Crippen LogP contribution in [0.2, 0.25) is 0 Å². The second-order valence-corrected chi connectivity index (χ2v) is 4.68. The van der Waals surface area contributed by atoms with E-state index < -0.39 is 0 Å². The van der Waals surface area contributed by atoms with Gasteiger partial charge in [0, 0.05) is 6.04 Å². The number of hydrogen-bond acceptors (Lipinski definition) is 2. The van der Waals surface area contributed by atoms with Crippen molar-refractivity contribution in [3.8, 4) is 0 Å². The van der Waals surface area contributed by atoms with Crippen LogP contribution in [0.1, 0.15) is 46.5 Å². The summed E-state index contributed by atoms with van der Waals surface area (Å²) in [5.41, 5.74) is 3.34. The molecule has 1 rings (SSSR count). The fourth-order valence-electron chi connectivity index (χ4n) is 1.99. The molecule has 0 aliphatic heterocycles. The third-order valence-corrected chi connectivity index (χ3v) is 3.55. The number of rotatable bonds is 4. The zero-order valence-electron chi connectivity index (χ0n) is 8.56. The molecule has 0 spiro atoms. The molecule has 72 valence electrons. The van der Waals surface area contributed by atoms with Crippen LogP contribution >= 0.6 is 0 Å². The third-order valence-electron chi connectivity index (χ3n) is 3.55. The van der Waals surface area contributed by atoms with E-state index in [1.807, 2.05) is 0 Å². The van der Waals surface area contributed by atoms with Gasteiger partial charge in [0.2, 0.25) is 0 Å². The van der Waals surface area contributed by atoms with Gasteiger partial charge in [0.15, 0.2) is 0 Å². The molecule has 2 nitrogen and oxygen atoms in total. The van der Waals surface area contributed by atoms with E-state index in [2.05, 4.69) is 26.2 Å².